The molecule has 1 amide bonds. The monoisotopic (exact) mass is 270 g/mol. The first-order valence-corrected chi connectivity index (χ1v) is 7.00. The quantitative estimate of drug-likeness (QED) is 0.163. The van der Waals surface area contributed by atoms with Crippen molar-refractivity contribution in [1.29, 1.82) is 0 Å². The number of carbonyl (C=O) groups excluding carboxylic acids is 1. The second kappa shape index (κ2) is 7.72. The summed E-state index contributed by atoms with van der Waals surface area (Å²) in [6.45, 7) is 1.99. The van der Waals surface area contributed by atoms with E-state index < -0.39 is 0 Å². The Labute approximate surface area is 106 Å². The fourth-order valence-corrected chi connectivity index (χ4v) is 2.10. The van der Waals surface area contributed by atoms with Crippen molar-refractivity contribution in [2.45, 2.75) is 6.92 Å². The Kier molecular flexibility index (Phi) is 6.16. The molecule has 0 radical (unpaired) electrons. The highest BCUT2D eigenvalue weighted by Gasteiger charge is 2.11. The molecule has 0 fully saturated rings. The van der Waals surface area contributed by atoms with Crippen LogP contribution in [0.3, 0.4) is 0 Å². The molecule has 0 aliphatic rings. The van der Waals surface area contributed by atoms with Crippen LogP contribution in [0.25, 0.3) is 10.4 Å². The largest absolute Gasteiger partial charge is 0.393 e. The fourth-order valence-electron chi connectivity index (χ4n) is 0.977. The lowest BCUT2D eigenvalue weighted by Gasteiger charge is -2.06. The minimum Gasteiger partial charge on any atom is -0.393 e. The number of nitrogens with one attached hydrogen (secondary N) is 1. The van der Waals surface area contributed by atoms with E-state index in [1.54, 1.807) is 24.3 Å². The van der Waals surface area contributed by atoms with Crippen LogP contribution in [0.15, 0.2) is 29.5 Å². The van der Waals surface area contributed by atoms with Crippen LogP contribution in [0.2, 0.25) is 0 Å². The van der Waals surface area contributed by atoms with Crippen molar-refractivity contribution in [2.24, 2.45) is 5.28 Å². The third kappa shape index (κ3) is 4.48. The molecular weight excluding hydrogens is 260 g/mol. The zero-order chi connectivity index (χ0) is 12.5. The van der Waals surface area contributed by atoms with Gasteiger partial charge in [0.25, 0.3) is 5.91 Å². The van der Waals surface area contributed by atoms with Gasteiger partial charge in [-0.25, -0.2) is 0 Å². The van der Waals surface area contributed by atoms with Gasteiger partial charge in [0.2, 0.25) is 0 Å². The normalized spacial score (nSPS) is 9.24. The van der Waals surface area contributed by atoms with Crippen molar-refractivity contribution in [3.05, 3.63) is 40.3 Å². The molecule has 8 heteroatoms. The SMILES string of the molecule is CCSSNC(=O)c1ccccc1ON=[N+]=[N-]. The Morgan fingerprint density at radius 1 is 1.59 bits per heavy atom. The van der Waals surface area contributed by atoms with Crippen LogP contribution in [-0.4, -0.2) is 11.7 Å². The molecule has 90 valence electrons. The van der Waals surface area contributed by atoms with Crippen LogP contribution in [0.5, 0.6) is 5.75 Å². The van der Waals surface area contributed by atoms with Crippen LogP contribution in [0.4, 0.5) is 0 Å². The summed E-state index contributed by atoms with van der Waals surface area (Å²) in [5, 5.41) is 2.97. The predicted molar refractivity (Wildman–Crippen MR) is 69.4 cm³/mol. The molecule has 0 spiro atoms. The van der Waals surface area contributed by atoms with Gasteiger partial charge in [-0.15, -0.1) is 0 Å². The summed E-state index contributed by atoms with van der Waals surface area (Å²) in [5.74, 6) is 0.825. The van der Waals surface area contributed by atoms with Gasteiger partial charge in [0, 0.05) is 21.6 Å². The molecule has 0 unspecified atom stereocenters. The maximum atomic E-state index is 11.7. The molecule has 1 aromatic rings. The topological polar surface area (TPSA) is 87.1 Å². The number of amides is 1. The summed E-state index contributed by atoms with van der Waals surface area (Å²) in [4.78, 5) is 19.0. The van der Waals surface area contributed by atoms with E-state index >= 15 is 0 Å². The number of azide groups is 1. The maximum absolute atomic E-state index is 11.7. The fraction of sp³-hybridized carbons (Fsp3) is 0.222. The smallest absolute Gasteiger partial charge is 0.265 e. The number of hydrogen-bond acceptors (Lipinski definition) is 5. The summed E-state index contributed by atoms with van der Waals surface area (Å²) in [6, 6.07) is 6.54. The number of benzene rings is 1. The van der Waals surface area contributed by atoms with E-state index in [-0.39, 0.29) is 11.7 Å². The molecule has 0 heterocycles. The molecule has 0 saturated heterocycles. The zero-order valence-electron chi connectivity index (χ0n) is 8.99. The minimum absolute atomic E-state index is 0.227. The standard InChI is InChI=1S/C9H10N4O2S2/c1-2-16-17-11-9(14)7-5-3-4-6-8(7)15-13-12-10/h3-6H,2H2,1H3,(H,11,14). The van der Waals surface area contributed by atoms with Gasteiger partial charge in [-0.3, -0.25) is 9.52 Å². The Balaban J connectivity index is 2.74. The van der Waals surface area contributed by atoms with Crippen LogP contribution in [0.1, 0.15) is 17.3 Å². The molecule has 1 aromatic carbocycles. The van der Waals surface area contributed by atoms with Crippen molar-refractivity contribution in [3.63, 3.8) is 0 Å². The molecule has 0 atom stereocenters. The Bertz CT molecular complexity index is 435. The van der Waals surface area contributed by atoms with Crippen molar-refractivity contribution >= 4 is 27.7 Å². The van der Waals surface area contributed by atoms with Crippen LogP contribution in [-0.2, 0) is 0 Å². The molecule has 0 aliphatic carbocycles. The first-order chi connectivity index (χ1) is 8.29. The van der Waals surface area contributed by atoms with Gasteiger partial charge in [0.05, 0.1) is 5.56 Å². The maximum Gasteiger partial charge on any atom is 0.265 e. The second-order valence-electron chi connectivity index (χ2n) is 2.68. The first kappa shape index (κ1) is 13.6. The van der Waals surface area contributed by atoms with Gasteiger partial charge in [-0.1, -0.05) is 29.9 Å². The third-order valence-electron chi connectivity index (χ3n) is 1.62. The second-order valence-corrected chi connectivity index (χ2v) is 5.07. The summed E-state index contributed by atoms with van der Waals surface area (Å²) in [7, 11) is 2.76. The molecule has 1 rings (SSSR count). The Morgan fingerprint density at radius 3 is 3.06 bits per heavy atom. The van der Waals surface area contributed by atoms with Gasteiger partial charge in [0.1, 0.15) is 11.0 Å². The molecule has 17 heavy (non-hydrogen) atoms. The molecule has 6 nitrogen and oxygen atoms in total. The molecule has 0 aliphatic heterocycles. The summed E-state index contributed by atoms with van der Waals surface area (Å²) >= 11 is 0. The average molecular weight is 270 g/mol. The van der Waals surface area contributed by atoms with E-state index in [0.717, 1.165) is 5.75 Å². The molecule has 0 saturated carbocycles. The highest BCUT2D eigenvalue weighted by atomic mass is 33.1. The first-order valence-electron chi connectivity index (χ1n) is 4.68. The van der Waals surface area contributed by atoms with E-state index in [9.17, 15) is 4.79 Å². The van der Waals surface area contributed by atoms with Crippen molar-refractivity contribution in [1.82, 2.24) is 4.72 Å². The zero-order valence-corrected chi connectivity index (χ0v) is 10.6. The van der Waals surface area contributed by atoms with Crippen molar-refractivity contribution in [3.8, 4) is 5.75 Å². The number of para-hydroxylation sites is 1. The average Bonchev–Trinajstić information content (AvgIpc) is 2.37. The Morgan fingerprint density at radius 2 is 2.35 bits per heavy atom. The van der Waals surface area contributed by atoms with Gasteiger partial charge < -0.3 is 4.84 Å². The van der Waals surface area contributed by atoms with Gasteiger partial charge >= 0.3 is 0 Å². The molecular formula is C9H10N4O2S2. The number of hydrogen-bond donors (Lipinski definition) is 1. The van der Waals surface area contributed by atoms with E-state index in [2.05, 4.69) is 14.9 Å². The lowest BCUT2D eigenvalue weighted by molar-refractivity contribution is 0.0981. The highest BCUT2D eigenvalue weighted by molar-refractivity contribution is 8.76. The van der Waals surface area contributed by atoms with Crippen LogP contribution >= 0.6 is 21.8 Å². The molecule has 0 bridgehead atoms. The minimum atomic E-state index is -0.292. The summed E-state index contributed by atoms with van der Waals surface area (Å²) < 4.78 is 2.64. The van der Waals surface area contributed by atoms with Gasteiger partial charge in [0.15, 0.2) is 0 Å². The third-order valence-corrected chi connectivity index (χ3v) is 3.55. The number of nitrogens with zero attached hydrogens (tertiary/aromatic N) is 3. The van der Waals surface area contributed by atoms with Crippen LogP contribution in [0, 0.1) is 0 Å². The van der Waals surface area contributed by atoms with Crippen LogP contribution < -0.4 is 9.56 Å². The number of rotatable bonds is 6. The van der Waals surface area contributed by atoms with E-state index in [0.29, 0.717) is 5.56 Å². The highest BCUT2D eigenvalue weighted by Crippen LogP contribution is 2.21. The van der Waals surface area contributed by atoms with E-state index in [1.807, 2.05) is 6.92 Å². The van der Waals surface area contributed by atoms with Crippen molar-refractivity contribution in [2.75, 3.05) is 5.75 Å². The predicted octanol–water partition coefficient (Wildman–Crippen LogP) is 3.34. The lowest BCUT2D eigenvalue weighted by atomic mass is 10.2. The Hall–Kier alpha value is -1.50. The van der Waals surface area contributed by atoms with Crippen molar-refractivity contribution < 1.29 is 9.63 Å². The molecule has 0 aromatic heterocycles. The van der Waals surface area contributed by atoms with Gasteiger partial charge in [-0.05, 0) is 17.7 Å². The summed E-state index contributed by atoms with van der Waals surface area (Å²) in [6.07, 6.45) is 0. The van der Waals surface area contributed by atoms with Gasteiger partial charge in [-0.2, -0.15) is 0 Å². The molecule has 1 N–H and O–H groups in total. The van der Waals surface area contributed by atoms with E-state index in [4.69, 9.17) is 10.4 Å². The van der Waals surface area contributed by atoms with E-state index in [1.165, 1.54) is 21.8 Å². The number of carbonyl (C=O) groups is 1. The summed E-state index contributed by atoms with van der Waals surface area (Å²) in [5.41, 5.74) is 8.48. The lowest BCUT2D eigenvalue weighted by Crippen LogP contribution is -2.15.